The van der Waals surface area contributed by atoms with Gasteiger partial charge in [-0.05, 0) is 42.8 Å². The van der Waals surface area contributed by atoms with E-state index in [-0.39, 0.29) is 22.3 Å². The Balaban J connectivity index is 2.08. The van der Waals surface area contributed by atoms with Gasteiger partial charge in [0.1, 0.15) is 0 Å². The van der Waals surface area contributed by atoms with Crippen molar-refractivity contribution in [2.24, 2.45) is 0 Å². The van der Waals surface area contributed by atoms with Gasteiger partial charge in [0.2, 0.25) is 0 Å². The molecule has 0 radical (unpaired) electrons. The maximum absolute atomic E-state index is 11.9. The lowest BCUT2D eigenvalue weighted by atomic mass is 10.1. The number of unbranched alkanes of at least 4 members (excludes halogenated alkanes) is 2. The second-order valence-corrected chi connectivity index (χ2v) is 7.02. The fourth-order valence-corrected chi connectivity index (χ4v) is 2.94. The molecule has 0 heterocycles. The molecule has 0 saturated heterocycles. The first-order valence-electron chi connectivity index (χ1n) is 10.4. The van der Waals surface area contributed by atoms with E-state index in [4.69, 9.17) is 18.9 Å². The van der Waals surface area contributed by atoms with Crippen LogP contribution in [0.1, 0.15) is 71.8 Å². The highest BCUT2D eigenvalue weighted by molar-refractivity contribution is 5.96. The van der Waals surface area contributed by atoms with Gasteiger partial charge in [-0.2, -0.15) is 0 Å². The molecule has 0 unspecified atom stereocenters. The summed E-state index contributed by atoms with van der Waals surface area (Å²) in [5.74, 6) is 9.50. The van der Waals surface area contributed by atoms with E-state index < -0.39 is 23.9 Å². The third-order valence-corrected chi connectivity index (χ3v) is 4.62. The van der Waals surface area contributed by atoms with Gasteiger partial charge in [0.05, 0.1) is 50.7 Å². The zero-order chi connectivity index (χ0) is 25.8. The number of benzene rings is 2. The van der Waals surface area contributed by atoms with Crippen LogP contribution in [-0.2, 0) is 18.9 Å². The Morgan fingerprint density at radius 2 is 0.829 bits per heavy atom. The van der Waals surface area contributed by atoms with E-state index in [1.165, 1.54) is 64.8 Å². The molecule has 8 nitrogen and oxygen atoms in total. The summed E-state index contributed by atoms with van der Waals surface area (Å²) >= 11 is 0. The van der Waals surface area contributed by atoms with Gasteiger partial charge >= 0.3 is 23.9 Å². The highest BCUT2D eigenvalue weighted by Crippen LogP contribution is 2.14. The molecule has 0 saturated carbocycles. The van der Waals surface area contributed by atoms with Crippen LogP contribution in [0.3, 0.4) is 0 Å². The number of ether oxygens (including phenoxy) is 4. The largest absolute Gasteiger partial charge is 0.465 e. The van der Waals surface area contributed by atoms with E-state index in [2.05, 4.69) is 23.7 Å². The summed E-state index contributed by atoms with van der Waals surface area (Å²) in [5, 5.41) is 0. The number of rotatable bonds is 6. The Bertz CT molecular complexity index is 1090. The Kier molecular flexibility index (Phi) is 10.1. The normalized spacial score (nSPS) is 9.49. The first-order chi connectivity index (χ1) is 16.8. The van der Waals surface area contributed by atoms with Crippen molar-refractivity contribution in [2.45, 2.75) is 19.3 Å². The smallest absolute Gasteiger partial charge is 0.337 e. The maximum Gasteiger partial charge on any atom is 0.337 e. The maximum atomic E-state index is 11.9. The zero-order valence-corrected chi connectivity index (χ0v) is 19.9. The topological polar surface area (TPSA) is 105 Å². The summed E-state index contributed by atoms with van der Waals surface area (Å²) in [6, 6.07) is 8.94. The molecule has 0 aliphatic carbocycles. The van der Waals surface area contributed by atoms with Gasteiger partial charge in [-0.1, -0.05) is 23.7 Å². The molecule has 2 aromatic rings. The molecule has 0 amide bonds. The van der Waals surface area contributed by atoms with Crippen molar-refractivity contribution in [1.82, 2.24) is 0 Å². The van der Waals surface area contributed by atoms with E-state index in [1.54, 1.807) is 0 Å². The van der Waals surface area contributed by atoms with Gasteiger partial charge in [0, 0.05) is 24.0 Å². The van der Waals surface area contributed by atoms with Gasteiger partial charge in [-0.3, -0.25) is 0 Å². The van der Waals surface area contributed by atoms with E-state index in [1.807, 2.05) is 0 Å². The molecule has 0 spiro atoms. The van der Waals surface area contributed by atoms with Crippen molar-refractivity contribution in [3.63, 3.8) is 0 Å². The molecule has 180 valence electrons. The van der Waals surface area contributed by atoms with Crippen LogP contribution in [0.15, 0.2) is 36.4 Å². The standard InChI is InChI=1S/C27H24O8/c1-32-24(28)20-12-18(13-21(16-20)25(29)33-2)10-8-6-5-7-9-11-19-14-22(26(30)34-3)17-23(15-19)27(31)35-4/h12-17H,5-7H2,1-4H3. The second kappa shape index (κ2) is 13.2. The molecule has 35 heavy (non-hydrogen) atoms. The lowest BCUT2D eigenvalue weighted by molar-refractivity contribution is 0.0581. The highest BCUT2D eigenvalue weighted by Gasteiger charge is 2.14. The average molecular weight is 476 g/mol. The minimum absolute atomic E-state index is 0.200. The van der Waals surface area contributed by atoms with Crippen molar-refractivity contribution in [3.8, 4) is 23.7 Å². The third-order valence-electron chi connectivity index (χ3n) is 4.62. The number of methoxy groups -OCH3 is 4. The zero-order valence-electron chi connectivity index (χ0n) is 19.9. The summed E-state index contributed by atoms with van der Waals surface area (Å²) in [4.78, 5) is 47.4. The summed E-state index contributed by atoms with van der Waals surface area (Å²) in [5.41, 5.74) is 1.76. The van der Waals surface area contributed by atoms with E-state index in [0.717, 1.165) is 0 Å². The first kappa shape index (κ1) is 26.7. The Labute approximate surface area is 203 Å². The van der Waals surface area contributed by atoms with Crippen LogP contribution in [0.25, 0.3) is 0 Å². The predicted octanol–water partition coefficient (Wildman–Crippen LogP) is 3.41. The molecule has 2 aromatic carbocycles. The van der Waals surface area contributed by atoms with Crippen LogP contribution < -0.4 is 0 Å². The minimum Gasteiger partial charge on any atom is -0.465 e. The molecule has 0 fully saturated rings. The Hall–Kier alpha value is -4.56. The summed E-state index contributed by atoms with van der Waals surface area (Å²) in [6.07, 6.45) is 1.68. The molecular weight excluding hydrogens is 452 g/mol. The summed E-state index contributed by atoms with van der Waals surface area (Å²) in [6.45, 7) is 0. The van der Waals surface area contributed by atoms with Crippen molar-refractivity contribution < 1.29 is 38.1 Å². The summed E-state index contributed by atoms with van der Waals surface area (Å²) in [7, 11) is 5.01. The van der Waals surface area contributed by atoms with Crippen LogP contribution >= 0.6 is 0 Å². The number of carbonyl (C=O) groups is 4. The van der Waals surface area contributed by atoms with E-state index in [9.17, 15) is 19.2 Å². The monoisotopic (exact) mass is 476 g/mol. The molecular formula is C27H24O8. The highest BCUT2D eigenvalue weighted by atomic mass is 16.5. The number of carbonyl (C=O) groups excluding carboxylic acids is 4. The van der Waals surface area contributed by atoms with Gasteiger partial charge in [0.25, 0.3) is 0 Å². The quantitative estimate of drug-likeness (QED) is 0.270. The lowest BCUT2D eigenvalue weighted by Gasteiger charge is -2.04. The van der Waals surface area contributed by atoms with Gasteiger partial charge in [-0.15, -0.1) is 0 Å². The van der Waals surface area contributed by atoms with Crippen molar-refractivity contribution in [1.29, 1.82) is 0 Å². The predicted molar refractivity (Wildman–Crippen MR) is 126 cm³/mol. The van der Waals surface area contributed by atoms with Gasteiger partial charge < -0.3 is 18.9 Å². The van der Waals surface area contributed by atoms with Crippen molar-refractivity contribution in [2.75, 3.05) is 28.4 Å². The number of hydrogen-bond acceptors (Lipinski definition) is 8. The van der Waals surface area contributed by atoms with Crippen molar-refractivity contribution in [3.05, 3.63) is 69.8 Å². The molecule has 0 N–H and O–H groups in total. The molecule has 2 rings (SSSR count). The lowest BCUT2D eigenvalue weighted by Crippen LogP contribution is -2.07. The van der Waals surface area contributed by atoms with Crippen LogP contribution in [0.2, 0.25) is 0 Å². The van der Waals surface area contributed by atoms with Crippen LogP contribution in [0.5, 0.6) is 0 Å². The SMILES string of the molecule is COC(=O)c1cc(C#CCCCC#Cc2cc(C(=O)OC)cc(C(=O)OC)c2)cc(C(=O)OC)c1. The van der Waals surface area contributed by atoms with Gasteiger partial charge in [0.15, 0.2) is 0 Å². The van der Waals surface area contributed by atoms with Gasteiger partial charge in [-0.25, -0.2) is 19.2 Å². The number of esters is 4. The van der Waals surface area contributed by atoms with Crippen LogP contribution in [0, 0.1) is 23.7 Å². The molecule has 0 aromatic heterocycles. The number of hydrogen-bond donors (Lipinski definition) is 0. The molecule has 0 atom stereocenters. The second-order valence-electron chi connectivity index (χ2n) is 7.02. The molecule has 0 aliphatic rings. The Morgan fingerprint density at radius 3 is 1.09 bits per heavy atom. The molecule has 8 heteroatoms. The third kappa shape index (κ3) is 7.76. The average Bonchev–Trinajstić information content (AvgIpc) is 2.90. The van der Waals surface area contributed by atoms with E-state index >= 15 is 0 Å². The first-order valence-corrected chi connectivity index (χ1v) is 10.4. The van der Waals surface area contributed by atoms with Crippen LogP contribution in [0.4, 0.5) is 0 Å². The molecule has 0 bridgehead atoms. The summed E-state index contributed by atoms with van der Waals surface area (Å²) < 4.78 is 18.9. The Morgan fingerprint density at radius 1 is 0.543 bits per heavy atom. The fourth-order valence-electron chi connectivity index (χ4n) is 2.94. The molecule has 0 aliphatic heterocycles. The van der Waals surface area contributed by atoms with E-state index in [0.29, 0.717) is 30.4 Å². The minimum atomic E-state index is -0.583. The fraction of sp³-hybridized carbons (Fsp3) is 0.259. The van der Waals surface area contributed by atoms with Crippen LogP contribution in [-0.4, -0.2) is 52.3 Å². The van der Waals surface area contributed by atoms with Crippen molar-refractivity contribution >= 4 is 23.9 Å².